The molecule has 5 nitrogen and oxygen atoms in total. The first kappa shape index (κ1) is 14.7. The van der Waals surface area contributed by atoms with E-state index >= 15 is 0 Å². The minimum Gasteiger partial charge on any atom is -0.370 e. The van der Waals surface area contributed by atoms with Gasteiger partial charge in [0.25, 0.3) is 0 Å². The molecule has 0 radical (unpaired) electrons. The van der Waals surface area contributed by atoms with Crippen molar-refractivity contribution in [1.29, 1.82) is 0 Å². The van der Waals surface area contributed by atoms with Crippen molar-refractivity contribution in [3.8, 4) is 0 Å². The fraction of sp³-hybridized carbons (Fsp3) is 0.286. The van der Waals surface area contributed by atoms with E-state index < -0.39 is 11.9 Å². The third-order valence-electron chi connectivity index (χ3n) is 3.06. The maximum Gasteiger partial charge on any atom is 0.219 e. The smallest absolute Gasteiger partial charge is 0.219 e. The largest absolute Gasteiger partial charge is 0.370 e. The molecule has 0 fully saturated rings. The number of aromatic nitrogens is 2. The summed E-state index contributed by atoms with van der Waals surface area (Å²) in [5.41, 5.74) is 14.3. The van der Waals surface area contributed by atoms with Gasteiger partial charge in [-0.2, -0.15) is 5.10 Å². The van der Waals surface area contributed by atoms with Gasteiger partial charge < -0.3 is 11.5 Å². The number of nitrogens with zero attached hydrogens (tertiary/aromatic N) is 2. The molecule has 20 heavy (non-hydrogen) atoms. The molecule has 1 amide bonds. The van der Waals surface area contributed by atoms with Crippen LogP contribution in [0.25, 0.3) is 0 Å². The van der Waals surface area contributed by atoms with Crippen molar-refractivity contribution >= 4 is 21.8 Å². The minimum absolute atomic E-state index is 0.0954. The van der Waals surface area contributed by atoms with Crippen LogP contribution in [0.4, 0.5) is 0 Å². The van der Waals surface area contributed by atoms with Crippen molar-refractivity contribution in [1.82, 2.24) is 9.78 Å². The third-order valence-corrected chi connectivity index (χ3v) is 3.67. The zero-order valence-corrected chi connectivity index (χ0v) is 12.8. The number of rotatable bonds is 5. The van der Waals surface area contributed by atoms with E-state index in [-0.39, 0.29) is 6.42 Å². The number of carbonyl (C=O) groups is 1. The summed E-state index contributed by atoms with van der Waals surface area (Å²) in [6.45, 7) is 2.65. The standard InChI is InChI=1S/C14H17BrN4O/c1-9-2-4-10(5-3-9)8-19-14(11(15)7-18-19)12(16)6-13(17)20/h2-5,7,12H,6,8,16H2,1H3,(H2,17,20). The molecule has 1 atom stereocenters. The van der Waals surface area contributed by atoms with Gasteiger partial charge >= 0.3 is 0 Å². The summed E-state index contributed by atoms with van der Waals surface area (Å²) in [5.74, 6) is -0.424. The van der Waals surface area contributed by atoms with Gasteiger partial charge in [0.1, 0.15) is 0 Å². The Morgan fingerprint density at radius 3 is 2.65 bits per heavy atom. The van der Waals surface area contributed by atoms with Crippen molar-refractivity contribution in [2.75, 3.05) is 0 Å². The number of aryl methyl sites for hydroxylation is 1. The molecule has 4 N–H and O–H groups in total. The number of carbonyl (C=O) groups excluding carboxylic acids is 1. The topological polar surface area (TPSA) is 86.9 Å². The van der Waals surface area contributed by atoms with E-state index in [1.165, 1.54) is 5.56 Å². The quantitative estimate of drug-likeness (QED) is 0.873. The van der Waals surface area contributed by atoms with Crippen LogP contribution in [0.1, 0.15) is 29.3 Å². The van der Waals surface area contributed by atoms with Crippen LogP contribution in [-0.2, 0) is 11.3 Å². The molecule has 0 bridgehead atoms. The molecule has 1 aromatic carbocycles. The molecule has 6 heteroatoms. The summed E-state index contributed by atoms with van der Waals surface area (Å²) < 4.78 is 2.58. The normalized spacial score (nSPS) is 12.3. The van der Waals surface area contributed by atoms with Gasteiger partial charge in [-0.3, -0.25) is 9.48 Å². The molecule has 1 aromatic heterocycles. The van der Waals surface area contributed by atoms with E-state index in [2.05, 4.69) is 33.2 Å². The predicted octanol–water partition coefficient (Wildman–Crippen LogP) is 1.88. The SMILES string of the molecule is Cc1ccc(Cn2ncc(Br)c2C(N)CC(N)=O)cc1. The molecule has 0 saturated carbocycles. The molecule has 0 saturated heterocycles. The molecule has 0 spiro atoms. The Bertz CT molecular complexity index is 606. The van der Waals surface area contributed by atoms with Gasteiger partial charge in [0, 0.05) is 6.42 Å². The van der Waals surface area contributed by atoms with Gasteiger partial charge in [-0.15, -0.1) is 0 Å². The maximum atomic E-state index is 11.0. The fourth-order valence-electron chi connectivity index (χ4n) is 2.05. The van der Waals surface area contributed by atoms with Crippen molar-refractivity contribution < 1.29 is 4.79 Å². The van der Waals surface area contributed by atoms with E-state index in [1.54, 1.807) is 10.9 Å². The molecule has 0 aliphatic rings. The van der Waals surface area contributed by atoms with Crippen molar-refractivity contribution in [3.63, 3.8) is 0 Å². The number of hydrogen-bond donors (Lipinski definition) is 2. The highest BCUT2D eigenvalue weighted by atomic mass is 79.9. The van der Waals surface area contributed by atoms with Crippen LogP contribution >= 0.6 is 15.9 Å². The first-order chi connectivity index (χ1) is 9.47. The molecule has 2 rings (SSSR count). The summed E-state index contributed by atoms with van der Waals surface area (Å²) in [4.78, 5) is 11.0. The summed E-state index contributed by atoms with van der Waals surface area (Å²) in [6, 6.07) is 7.74. The van der Waals surface area contributed by atoms with Gasteiger partial charge in [-0.1, -0.05) is 29.8 Å². The molecular weight excluding hydrogens is 320 g/mol. The molecule has 2 aromatic rings. The van der Waals surface area contributed by atoms with Gasteiger partial charge in [0.2, 0.25) is 5.91 Å². The van der Waals surface area contributed by atoms with Crippen LogP contribution in [0.3, 0.4) is 0 Å². The molecule has 106 valence electrons. The van der Waals surface area contributed by atoms with Crippen LogP contribution in [-0.4, -0.2) is 15.7 Å². The monoisotopic (exact) mass is 336 g/mol. The van der Waals surface area contributed by atoms with Crippen LogP contribution in [0.15, 0.2) is 34.9 Å². The summed E-state index contributed by atoms with van der Waals surface area (Å²) in [6.07, 6.45) is 1.78. The Labute approximate surface area is 126 Å². The highest BCUT2D eigenvalue weighted by Crippen LogP contribution is 2.24. The average Bonchev–Trinajstić information content (AvgIpc) is 2.72. The van der Waals surface area contributed by atoms with E-state index in [4.69, 9.17) is 11.5 Å². The summed E-state index contributed by atoms with van der Waals surface area (Å²) >= 11 is 3.42. The van der Waals surface area contributed by atoms with Crippen molar-refractivity contribution in [3.05, 3.63) is 51.8 Å². The molecule has 0 aliphatic heterocycles. The van der Waals surface area contributed by atoms with Gasteiger partial charge in [-0.05, 0) is 28.4 Å². The zero-order chi connectivity index (χ0) is 14.7. The minimum atomic E-state index is -0.463. The number of benzene rings is 1. The first-order valence-corrected chi connectivity index (χ1v) is 7.07. The van der Waals surface area contributed by atoms with Crippen LogP contribution in [0.5, 0.6) is 0 Å². The Hall–Kier alpha value is -1.66. The first-order valence-electron chi connectivity index (χ1n) is 6.28. The van der Waals surface area contributed by atoms with Gasteiger partial charge in [-0.25, -0.2) is 0 Å². The van der Waals surface area contributed by atoms with Gasteiger partial charge in [0.05, 0.1) is 29.0 Å². The van der Waals surface area contributed by atoms with E-state index in [0.717, 1.165) is 15.7 Å². The van der Waals surface area contributed by atoms with E-state index in [0.29, 0.717) is 6.54 Å². The lowest BCUT2D eigenvalue weighted by Gasteiger charge is -2.14. The summed E-state index contributed by atoms with van der Waals surface area (Å²) in [5, 5.41) is 4.30. The van der Waals surface area contributed by atoms with Crippen molar-refractivity contribution in [2.24, 2.45) is 11.5 Å². The fourth-order valence-corrected chi connectivity index (χ4v) is 2.64. The number of hydrogen-bond acceptors (Lipinski definition) is 3. The third kappa shape index (κ3) is 3.46. The summed E-state index contributed by atoms with van der Waals surface area (Å²) in [7, 11) is 0. The van der Waals surface area contributed by atoms with Crippen LogP contribution in [0, 0.1) is 6.92 Å². The average molecular weight is 337 g/mol. The van der Waals surface area contributed by atoms with E-state index in [1.807, 2.05) is 19.1 Å². The molecule has 1 unspecified atom stereocenters. The lowest BCUT2D eigenvalue weighted by Crippen LogP contribution is -2.23. The lowest BCUT2D eigenvalue weighted by atomic mass is 10.1. The number of primary amides is 1. The highest BCUT2D eigenvalue weighted by molar-refractivity contribution is 9.10. The molecule has 0 aliphatic carbocycles. The predicted molar refractivity (Wildman–Crippen MR) is 80.9 cm³/mol. The number of halogens is 1. The maximum absolute atomic E-state index is 11.0. The Morgan fingerprint density at radius 1 is 1.40 bits per heavy atom. The number of amides is 1. The van der Waals surface area contributed by atoms with Crippen molar-refractivity contribution in [2.45, 2.75) is 25.9 Å². The van der Waals surface area contributed by atoms with Crippen LogP contribution in [0.2, 0.25) is 0 Å². The molecular formula is C14H17BrN4O. The second-order valence-corrected chi connectivity index (χ2v) is 5.65. The second-order valence-electron chi connectivity index (χ2n) is 4.80. The Balaban J connectivity index is 2.24. The van der Waals surface area contributed by atoms with Crippen LogP contribution < -0.4 is 11.5 Å². The zero-order valence-electron chi connectivity index (χ0n) is 11.2. The highest BCUT2D eigenvalue weighted by Gasteiger charge is 2.18. The molecule has 1 heterocycles. The van der Waals surface area contributed by atoms with E-state index in [9.17, 15) is 4.79 Å². The number of nitrogens with two attached hydrogens (primary N) is 2. The second kappa shape index (κ2) is 6.19. The Morgan fingerprint density at radius 2 is 2.05 bits per heavy atom. The Kier molecular flexibility index (Phi) is 4.57. The lowest BCUT2D eigenvalue weighted by molar-refractivity contribution is -0.118. The van der Waals surface area contributed by atoms with Gasteiger partial charge in [0.15, 0.2) is 0 Å².